The Labute approximate surface area is 138 Å². The van der Waals surface area contributed by atoms with E-state index in [2.05, 4.69) is 0 Å². The van der Waals surface area contributed by atoms with Gasteiger partial charge in [0.05, 0.1) is 0 Å². The third-order valence-electron chi connectivity index (χ3n) is 3.51. The molecule has 124 valence electrons. The number of aliphatic hydroxyl groups is 1. The summed E-state index contributed by atoms with van der Waals surface area (Å²) in [4.78, 5) is 35.6. The Morgan fingerprint density at radius 2 is 1.75 bits per heavy atom. The van der Waals surface area contributed by atoms with E-state index in [1.54, 1.807) is 18.2 Å². The first kappa shape index (κ1) is 17.4. The van der Waals surface area contributed by atoms with Gasteiger partial charge in [-0.1, -0.05) is 42.5 Å². The quantitative estimate of drug-likeness (QED) is 0.587. The molecule has 1 amide bonds. The molecule has 0 saturated heterocycles. The summed E-state index contributed by atoms with van der Waals surface area (Å²) in [5.74, 6) is -1.90. The summed E-state index contributed by atoms with van der Waals surface area (Å²) in [5.41, 5.74) is 2.94. The number of hydrogen-bond acceptors (Lipinski definition) is 5. The minimum Gasteiger partial charge on any atom is -0.484 e. The maximum absolute atomic E-state index is 12.7. The number of ether oxygens (including phenoxy) is 1. The molecule has 6 nitrogen and oxygen atoms in total. The second kappa shape index (κ2) is 7.06. The van der Waals surface area contributed by atoms with Gasteiger partial charge in [0.25, 0.3) is 5.91 Å². The summed E-state index contributed by atoms with van der Waals surface area (Å²) in [6, 6.07) is 13.9. The van der Waals surface area contributed by atoms with Crippen LogP contribution in [0.5, 0.6) is 5.75 Å². The normalized spacial score (nSPS) is 12.9. The summed E-state index contributed by atoms with van der Waals surface area (Å²) in [6.07, 6.45) is 0. The van der Waals surface area contributed by atoms with Gasteiger partial charge in [-0.3, -0.25) is 14.4 Å². The van der Waals surface area contributed by atoms with Crippen LogP contribution in [0.2, 0.25) is 0 Å². The number of carbonyl (C=O) groups excluding carboxylic acids is 3. The van der Waals surface area contributed by atoms with Crippen LogP contribution in [0.15, 0.2) is 54.6 Å². The lowest BCUT2D eigenvalue weighted by Gasteiger charge is -2.24. The second-order valence-corrected chi connectivity index (χ2v) is 5.24. The molecule has 2 aromatic carbocycles. The van der Waals surface area contributed by atoms with Crippen LogP contribution < -0.4 is 10.5 Å². The molecule has 2 rings (SSSR count). The van der Waals surface area contributed by atoms with Gasteiger partial charge in [-0.05, 0) is 19.1 Å². The third kappa shape index (κ3) is 3.49. The number of Topliss-reactive ketones (excluding diaryl/α,β-unsaturated/α-hetero) is 2. The summed E-state index contributed by atoms with van der Waals surface area (Å²) in [5, 5.41) is 10.8. The number of amides is 1. The van der Waals surface area contributed by atoms with Crippen LogP contribution >= 0.6 is 0 Å². The van der Waals surface area contributed by atoms with E-state index in [4.69, 9.17) is 10.5 Å². The van der Waals surface area contributed by atoms with E-state index in [0.29, 0.717) is 0 Å². The summed E-state index contributed by atoms with van der Waals surface area (Å²) in [7, 11) is 0. The maximum Gasteiger partial charge on any atom is 0.255 e. The van der Waals surface area contributed by atoms with Gasteiger partial charge in [-0.2, -0.15) is 0 Å². The first-order valence-corrected chi connectivity index (χ1v) is 7.20. The molecule has 0 fully saturated rings. The lowest BCUT2D eigenvalue weighted by atomic mass is 9.83. The number of rotatable bonds is 7. The van der Waals surface area contributed by atoms with Crippen LogP contribution in [-0.4, -0.2) is 29.2 Å². The Kier molecular flexibility index (Phi) is 5.11. The standard InChI is InChI=1S/C18H17NO5/c1-12(20)18(23,17(22)13-6-3-2-4-7-13)14-8-5-9-15(10-14)24-11-16(19)21/h2-10,23H,11H2,1H3,(H2,19,21). The van der Waals surface area contributed by atoms with Crippen LogP contribution in [-0.2, 0) is 15.2 Å². The van der Waals surface area contributed by atoms with Crippen molar-refractivity contribution in [3.05, 3.63) is 65.7 Å². The van der Waals surface area contributed by atoms with Gasteiger partial charge in [0.2, 0.25) is 11.4 Å². The SMILES string of the molecule is CC(=O)C(O)(C(=O)c1ccccc1)c1cccc(OCC(N)=O)c1. The van der Waals surface area contributed by atoms with Crippen molar-refractivity contribution >= 4 is 17.5 Å². The highest BCUT2D eigenvalue weighted by atomic mass is 16.5. The van der Waals surface area contributed by atoms with Gasteiger partial charge in [-0.15, -0.1) is 0 Å². The predicted molar refractivity (Wildman–Crippen MR) is 86.5 cm³/mol. The Morgan fingerprint density at radius 1 is 1.08 bits per heavy atom. The molecule has 6 heteroatoms. The minimum atomic E-state index is -2.34. The molecule has 2 aromatic rings. The maximum atomic E-state index is 12.7. The molecule has 0 aromatic heterocycles. The molecule has 0 radical (unpaired) electrons. The Balaban J connectivity index is 2.43. The van der Waals surface area contributed by atoms with Crippen molar-refractivity contribution in [3.8, 4) is 5.75 Å². The Morgan fingerprint density at radius 3 is 2.33 bits per heavy atom. The number of carbonyl (C=O) groups is 3. The fourth-order valence-electron chi connectivity index (χ4n) is 2.26. The predicted octanol–water partition coefficient (Wildman–Crippen LogP) is 1.21. The summed E-state index contributed by atoms with van der Waals surface area (Å²) < 4.78 is 5.16. The lowest BCUT2D eigenvalue weighted by Crippen LogP contribution is -2.42. The molecular formula is C18H17NO5. The first-order chi connectivity index (χ1) is 11.4. The van der Waals surface area contributed by atoms with Crippen molar-refractivity contribution in [2.24, 2.45) is 5.73 Å². The summed E-state index contributed by atoms with van der Waals surface area (Å²) in [6.45, 7) is 0.784. The molecule has 1 atom stereocenters. The monoisotopic (exact) mass is 327 g/mol. The molecule has 3 N–H and O–H groups in total. The van der Waals surface area contributed by atoms with E-state index in [1.165, 1.54) is 36.4 Å². The van der Waals surface area contributed by atoms with Crippen LogP contribution in [0.25, 0.3) is 0 Å². The molecule has 0 aliphatic heterocycles. The second-order valence-electron chi connectivity index (χ2n) is 5.24. The molecule has 0 saturated carbocycles. The van der Waals surface area contributed by atoms with Gasteiger partial charge in [-0.25, -0.2) is 0 Å². The topological polar surface area (TPSA) is 107 Å². The van der Waals surface area contributed by atoms with Crippen molar-refractivity contribution < 1.29 is 24.2 Å². The molecular weight excluding hydrogens is 310 g/mol. The molecule has 24 heavy (non-hydrogen) atoms. The average Bonchev–Trinajstić information content (AvgIpc) is 2.59. The lowest BCUT2D eigenvalue weighted by molar-refractivity contribution is -0.131. The molecule has 0 aliphatic carbocycles. The van der Waals surface area contributed by atoms with Gasteiger partial charge in [0.1, 0.15) is 5.75 Å². The van der Waals surface area contributed by atoms with Crippen LogP contribution in [0, 0.1) is 0 Å². The van der Waals surface area contributed by atoms with Crippen molar-refractivity contribution in [2.75, 3.05) is 6.61 Å². The third-order valence-corrected chi connectivity index (χ3v) is 3.51. The van der Waals surface area contributed by atoms with E-state index < -0.39 is 23.1 Å². The first-order valence-electron chi connectivity index (χ1n) is 7.20. The van der Waals surface area contributed by atoms with Crippen molar-refractivity contribution in [1.82, 2.24) is 0 Å². The minimum absolute atomic E-state index is 0.0609. The van der Waals surface area contributed by atoms with Crippen LogP contribution in [0.1, 0.15) is 22.8 Å². The zero-order chi connectivity index (χ0) is 17.7. The van der Waals surface area contributed by atoms with Crippen LogP contribution in [0.3, 0.4) is 0 Å². The van der Waals surface area contributed by atoms with E-state index in [-0.39, 0.29) is 23.5 Å². The number of hydrogen-bond donors (Lipinski definition) is 2. The molecule has 1 unspecified atom stereocenters. The van der Waals surface area contributed by atoms with E-state index in [9.17, 15) is 19.5 Å². The number of nitrogens with two attached hydrogens (primary N) is 1. The van der Waals surface area contributed by atoms with Crippen LogP contribution in [0.4, 0.5) is 0 Å². The fraction of sp³-hybridized carbons (Fsp3) is 0.167. The molecule has 0 heterocycles. The Bertz CT molecular complexity index is 772. The van der Waals surface area contributed by atoms with Gasteiger partial charge in [0.15, 0.2) is 12.4 Å². The Hall–Kier alpha value is -2.99. The number of benzene rings is 2. The largest absolute Gasteiger partial charge is 0.484 e. The highest BCUT2D eigenvalue weighted by molar-refractivity contribution is 6.17. The van der Waals surface area contributed by atoms with E-state index in [0.717, 1.165) is 6.92 Å². The van der Waals surface area contributed by atoms with Gasteiger partial charge < -0.3 is 15.6 Å². The summed E-state index contributed by atoms with van der Waals surface area (Å²) >= 11 is 0. The molecule has 0 bridgehead atoms. The number of primary amides is 1. The van der Waals surface area contributed by atoms with E-state index in [1.807, 2.05) is 0 Å². The highest BCUT2D eigenvalue weighted by Crippen LogP contribution is 2.29. The average molecular weight is 327 g/mol. The zero-order valence-corrected chi connectivity index (χ0v) is 13.1. The fourth-order valence-corrected chi connectivity index (χ4v) is 2.26. The van der Waals surface area contributed by atoms with Crippen molar-refractivity contribution in [3.63, 3.8) is 0 Å². The smallest absolute Gasteiger partial charge is 0.255 e. The van der Waals surface area contributed by atoms with Gasteiger partial charge >= 0.3 is 0 Å². The highest BCUT2D eigenvalue weighted by Gasteiger charge is 2.43. The van der Waals surface area contributed by atoms with E-state index >= 15 is 0 Å². The van der Waals surface area contributed by atoms with Crippen molar-refractivity contribution in [2.45, 2.75) is 12.5 Å². The number of ketones is 2. The van der Waals surface area contributed by atoms with Gasteiger partial charge in [0, 0.05) is 11.1 Å². The zero-order valence-electron chi connectivity index (χ0n) is 13.1. The molecule has 0 spiro atoms. The molecule has 0 aliphatic rings. The van der Waals surface area contributed by atoms with Crippen molar-refractivity contribution in [1.29, 1.82) is 0 Å².